The van der Waals surface area contributed by atoms with Gasteiger partial charge in [-0.3, -0.25) is 14.6 Å². The van der Waals surface area contributed by atoms with E-state index in [-0.39, 0.29) is 38.3 Å². The van der Waals surface area contributed by atoms with Crippen LogP contribution >= 0.6 is 0 Å². The van der Waals surface area contributed by atoms with Crippen molar-refractivity contribution in [3.63, 3.8) is 0 Å². The van der Waals surface area contributed by atoms with Gasteiger partial charge in [-0.05, 0) is 44.9 Å². The molecule has 0 radical (unpaired) electrons. The number of likely N-dealkylation sites (N-methyl/N-ethyl adjacent to an activating group) is 1. The Morgan fingerprint density at radius 2 is 1.88 bits per heavy atom. The highest BCUT2D eigenvalue weighted by Crippen LogP contribution is 2.58. The topological polar surface area (TPSA) is 123 Å². The van der Waals surface area contributed by atoms with E-state index < -0.39 is 18.1 Å². The third kappa shape index (κ3) is 3.96. The van der Waals surface area contributed by atoms with Crippen molar-refractivity contribution >= 4 is 5.97 Å². The summed E-state index contributed by atoms with van der Waals surface area (Å²) in [6.45, 7) is 4.99. The number of aliphatic hydroxyl groups excluding tert-OH is 1. The molecule has 4 aliphatic rings. The number of hydrogen-bond acceptors (Lipinski definition) is 11. The first kappa shape index (κ1) is 27.6. The molecule has 0 aliphatic carbocycles. The summed E-state index contributed by atoms with van der Waals surface area (Å²) in [5.41, 5.74) is 5.15. The normalized spacial score (nSPS) is 26.0. The predicted octanol–water partition coefficient (Wildman–Crippen LogP) is 2.71. The maximum Gasteiger partial charge on any atom is 0.308 e. The van der Waals surface area contributed by atoms with Crippen LogP contribution in [0.4, 0.5) is 0 Å². The summed E-state index contributed by atoms with van der Waals surface area (Å²) in [6, 6.07) is 2.92. The van der Waals surface area contributed by atoms with Crippen molar-refractivity contribution in [3.8, 4) is 34.8 Å². The summed E-state index contributed by atoms with van der Waals surface area (Å²) in [5, 5.41) is 21.5. The highest BCUT2D eigenvalue weighted by atomic mass is 16.7. The molecule has 2 bridgehead atoms. The maximum absolute atomic E-state index is 12.3. The van der Waals surface area contributed by atoms with Gasteiger partial charge >= 0.3 is 5.97 Å². The molecule has 41 heavy (non-hydrogen) atoms. The van der Waals surface area contributed by atoms with Crippen LogP contribution in [0.1, 0.15) is 52.4 Å². The Labute approximate surface area is 239 Å². The second-order valence-electron chi connectivity index (χ2n) is 11.1. The molecule has 5 atom stereocenters. The summed E-state index contributed by atoms with van der Waals surface area (Å²) >= 11 is 0. The van der Waals surface area contributed by atoms with Gasteiger partial charge in [-0.2, -0.15) is 5.26 Å². The molecule has 218 valence electrons. The third-order valence-corrected chi connectivity index (χ3v) is 8.99. The fraction of sp³-hybridized carbons (Fsp3) is 0.533. The number of ether oxygens (including phenoxy) is 6. The van der Waals surface area contributed by atoms with Gasteiger partial charge in [0.15, 0.2) is 29.8 Å². The van der Waals surface area contributed by atoms with Crippen molar-refractivity contribution in [2.75, 3.05) is 41.5 Å². The SMILES string of the molecule is COCOc1c(OC)c(C)cc2c1[C@@H]1C3Cc4c(OC(C)=O)c(C)c5c(c4[C@H](CO)N3C(C#N)C(C2)N1C)OCO5. The van der Waals surface area contributed by atoms with Gasteiger partial charge in [0.05, 0.1) is 31.9 Å². The van der Waals surface area contributed by atoms with Crippen LogP contribution < -0.4 is 23.7 Å². The number of nitriles is 1. The molecule has 4 aliphatic heterocycles. The molecule has 11 nitrogen and oxygen atoms in total. The zero-order chi connectivity index (χ0) is 29.2. The summed E-state index contributed by atoms with van der Waals surface area (Å²) in [7, 11) is 5.23. The molecule has 2 aromatic carbocycles. The number of rotatable bonds is 6. The number of aliphatic hydroxyl groups is 1. The van der Waals surface area contributed by atoms with E-state index in [9.17, 15) is 15.2 Å². The Balaban J connectivity index is 1.61. The van der Waals surface area contributed by atoms with Gasteiger partial charge in [0.25, 0.3) is 0 Å². The van der Waals surface area contributed by atoms with Crippen LogP contribution in [0.5, 0.6) is 28.7 Å². The minimum atomic E-state index is -0.588. The number of esters is 1. The molecule has 1 saturated heterocycles. The van der Waals surface area contributed by atoms with Crippen LogP contribution in [0.25, 0.3) is 0 Å². The van der Waals surface area contributed by atoms with E-state index in [0.29, 0.717) is 52.7 Å². The molecule has 6 rings (SSSR count). The van der Waals surface area contributed by atoms with E-state index in [0.717, 1.165) is 22.3 Å². The Bertz CT molecular complexity index is 1450. The first-order valence-electron chi connectivity index (χ1n) is 13.7. The van der Waals surface area contributed by atoms with Crippen molar-refractivity contribution in [1.29, 1.82) is 5.26 Å². The Kier molecular flexibility index (Phi) is 6.98. The standard InChI is InChI=1S/C30H35N3O8/c1-14-7-17-8-19-21(10-31)33-20(25(32(19)4)23(17)29(26(14)37-6)38-12-36-5)9-18-24(22(33)11-34)30-28(39-13-40-30)15(2)27(18)41-16(3)35/h7,19-22,25,34H,8-9,11-13H2,1-6H3/t19?,20?,21?,22-,25-/m0/s1. The van der Waals surface area contributed by atoms with Gasteiger partial charge in [-0.1, -0.05) is 6.07 Å². The van der Waals surface area contributed by atoms with Crippen molar-refractivity contribution in [3.05, 3.63) is 39.4 Å². The molecule has 0 spiro atoms. The lowest BCUT2D eigenvalue weighted by Gasteiger charge is -2.59. The second kappa shape index (κ2) is 10.4. The lowest BCUT2D eigenvalue weighted by Crippen LogP contribution is -2.68. The number of methoxy groups -OCH3 is 2. The molecule has 1 N–H and O–H groups in total. The number of hydrogen-bond donors (Lipinski definition) is 1. The van der Waals surface area contributed by atoms with Crippen LogP contribution in [0.3, 0.4) is 0 Å². The van der Waals surface area contributed by atoms with E-state index in [1.807, 2.05) is 20.9 Å². The highest BCUT2D eigenvalue weighted by Gasteiger charge is 2.56. The zero-order valence-electron chi connectivity index (χ0n) is 24.1. The number of benzene rings is 2. The van der Waals surface area contributed by atoms with Crippen LogP contribution in [-0.4, -0.2) is 80.5 Å². The molecule has 0 amide bonds. The molecular formula is C30H35N3O8. The average Bonchev–Trinajstić information content (AvgIpc) is 3.43. The molecule has 0 saturated carbocycles. The largest absolute Gasteiger partial charge is 0.493 e. The fourth-order valence-corrected chi connectivity index (χ4v) is 7.53. The Morgan fingerprint density at radius 1 is 1.12 bits per heavy atom. The van der Waals surface area contributed by atoms with Gasteiger partial charge < -0.3 is 33.5 Å². The van der Waals surface area contributed by atoms with Gasteiger partial charge in [0, 0.05) is 48.4 Å². The quantitative estimate of drug-likeness (QED) is 0.316. The van der Waals surface area contributed by atoms with Gasteiger partial charge in [-0.15, -0.1) is 0 Å². The number of aryl methyl sites for hydroxylation is 1. The first-order valence-corrected chi connectivity index (χ1v) is 13.7. The maximum atomic E-state index is 12.3. The van der Waals surface area contributed by atoms with Crippen LogP contribution in [-0.2, 0) is 22.4 Å². The number of fused-ring (bicyclic) bond motifs is 9. The lowest BCUT2D eigenvalue weighted by atomic mass is 9.71. The molecule has 0 aromatic heterocycles. The number of piperazine rings is 1. The lowest BCUT2D eigenvalue weighted by molar-refractivity contribution is -0.132. The average molecular weight is 566 g/mol. The van der Waals surface area contributed by atoms with Gasteiger partial charge in [0.1, 0.15) is 11.8 Å². The third-order valence-electron chi connectivity index (χ3n) is 8.99. The molecule has 11 heteroatoms. The summed E-state index contributed by atoms with van der Waals surface area (Å²) in [5.74, 6) is 2.25. The zero-order valence-corrected chi connectivity index (χ0v) is 24.1. The summed E-state index contributed by atoms with van der Waals surface area (Å²) in [4.78, 5) is 16.6. The number of carbonyl (C=O) groups is 1. The van der Waals surface area contributed by atoms with E-state index >= 15 is 0 Å². The minimum absolute atomic E-state index is 0.0239. The smallest absolute Gasteiger partial charge is 0.308 e. The minimum Gasteiger partial charge on any atom is -0.493 e. The van der Waals surface area contributed by atoms with Crippen LogP contribution in [0.15, 0.2) is 6.07 Å². The summed E-state index contributed by atoms with van der Waals surface area (Å²) in [6.07, 6.45) is 1.05. The monoisotopic (exact) mass is 565 g/mol. The van der Waals surface area contributed by atoms with E-state index in [1.54, 1.807) is 14.2 Å². The molecule has 1 fully saturated rings. The fourth-order valence-electron chi connectivity index (χ4n) is 7.53. The molecular weight excluding hydrogens is 530 g/mol. The molecule has 3 unspecified atom stereocenters. The van der Waals surface area contributed by atoms with Crippen LogP contribution in [0, 0.1) is 25.2 Å². The number of nitrogens with zero attached hydrogens (tertiary/aromatic N) is 3. The van der Waals surface area contributed by atoms with E-state index in [4.69, 9.17) is 28.4 Å². The van der Waals surface area contributed by atoms with E-state index in [2.05, 4.69) is 21.9 Å². The van der Waals surface area contributed by atoms with Crippen LogP contribution in [0.2, 0.25) is 0 Å². The predicted molar refractivity (Wildman–Crippen MR) is 145 cm³/mol. The number of carbonyl (C=O) groups excluding carboxylic acids is 1. The van der Waals surface area contributed by atoms with Crippen molar-refractivity contribution in [2.24, 2.45) is 0 Å². The molecule has 2 aromatic rings. The highest BCUT2D eigenvalue weighted by molar-refractivity contribution is 5.74. The van der Waals surface area contributed by atoms with Crippen molar-refractivity contribution in [1.82, 2.24) is 9.80 Å². The van der Waals surface area contributed by atoms with Gasteiger partial charge in [-0.25, -0.2) is 0 Å². The molecule has 4 heterocycles. The Morgan fingerprint density at radius 3 is 2.54 bits per heavy atom. The summed E-state index contributed by atoms with van der Waals surface area (Å²) < 4.78 is 34.9. The second-order valence-corrected chi connectivity index (χ2v) is 11.1. The van der Waals surface area contributed by atoms with Crippen molar-refractivity contribution < 1.29 is 38.3 Å². The first-order chi connectivity index (χ1) is 19.8. The van der Waals surface area contributed by atoms with E-state index in [1.165, 1.54) is 6.92 Å². The van der Waals surface area contributed by atoms with Crippen molar-refractivity contribution in [2.45, 2.75) is 63.8 Å². The Hall–Kier alpha value is -3.56. The van der Waals surface area contributed by atoms with Gasteiger partial charge in [0.2, 0.25) is 6.79 Å².